The van der Waals surface area contributed by atoms with Gasteiger partial charge < -0.3 is 28.9 Å². The second-order valence-corrected chi connectivity index (χ2v) is 11.4. The summed E-state index contributed by atoms with van der Waals surface area (Å²) < 4.78 is 53.6. The van der Waals surface area contributed by atoms with Crippen molar-refractivity contribution in [2.75, 3.05) is 20.8 Å². The topological polar surface area (TPSA) is 125 Å². The quantitative estimate of drug-likeness (QED) is 0.169. The number of unbranched alkanes of at least 4 members (excludes halogenated alkanes) is 4. The molecule has 43 heavy (non-hydrogen) atoms. The molecular weight excluding hydrogens is 586 g/mol. The molecule has 13 heteroatoms. The average Bonchev–Trinajstić information content (AvgIpc) is 3.69. The van der Waals surface area contributed by atoms with Crippen LogP contribution in [0.1, 0.15) is 76.3 Å². The Kier molecular flexibility index (Phi) is 11.7. The third-order valence-corrected chi connectivity index (χ3v) is 8.73. The first-order valence-corrected chi connectivity index (χ1v) is 15.1. The molecule has 0 saturated carbocycles. The standard InChI is InChI=1S/C30H41ClF2N4O6/c1-5-7-8-9-10-13-30(6-2,41-4)24-15-18(43-35-24)14-22-29(40-3)27(28(39)23(17-38)42-22)37-16-21(34-36-37)19-11-12-20(31)26(33)25(19)32/h11-12,15-16,22-23,27-29,38-39H,5-10,13-14,17H2,1-4H3/t22-,23-,27+,28+,29+,30?/m1/s1. The molecule has 2 N–H and O–H groups in total. The van der Waals surface area contributed by atoms with Gasteiger partial charge in [-0.25, -0.2) is 13.5 Å². The zero-order chi connectivity index (χ0) is 31.1. The Morgan fingerprint density at radius 1 is 1.09 bits per heavy atom. The van der Waals surface area contributed by atoms with Gasteiger partial charge in [0.2, 0.25) is 0 Å². The predicted molar refractivity (Wildman–Crippen MR) is 155 cm³/mol. The molecule has 6 atom stereocenters. The Bertz CT molecular complexity index is 1320. The van der Waals surface area contributed by atoms with Crippen LogP contribution in [0.3, 0.4) is 0 Å². The van der Waals surface area contributed by atoms with Crippen LogP contribution in [0.25, 0.3) is 11.3 Å². The largest absolute Gasteiger partial charge is 0.394 e. The van der Waals surface area contributed by atoms with Crippen molar-refractivity contribution in [1.82, 2.24) is 20.2 Å². The second-order valence-electron chi connectivity index (χ2n) is 11.0. The maximum Gasteiger partial charge on any atom is 0.178 e. The second kappa shape index (κ2) is 15.0. The van der Waals surface area contributed by atoms with Gasteiger partial charge in [-0.1, -0.05) is 67.9 Å². The number of nitrogens with zero attached hydrogens (tertiary/aromatic N) is 4. The van der Waals surface area contributed by atoms with Gasteiger partial charge in [-0.15, -0.1) is 5.10 Å². The van der Waals surface area contributed by atoms with E-state index in [-0.39, 0.29) is 22.7 Å². The summed E-state index contributed by atoms with van der Waals surface area (Å²) in [4.78, 5) is 0. The SMILES string of the molecule is CCCCCCCC(CC)(OC)c1cc(C[C@H]2O[C@H](CO)[C@H](O)[C@H](n3cc(-c4ccc(Cl)c(F)c4F)nn3)[C@H]2OC)on1. The van der Waals surface area contributed by atoms with E-state index in [4.69, 9.17) is 30.3 Å². The van der Waals surface area contributed by atoms with Gasteiger partial charge in [0.25, 0.3) is 0 Å². The molecule has 2 aromatic heterocycles. The lowest BCUT2D eigenvalue weighted by Gasteiger charge is -2.43. The lowest BCUT2D eigenvalue weighted by atomic mass is 9.88. The number of aliphatic hydroxyl groups is 2. The highest BCUT2D eigenvalue weighted by Gasteiger charge is 2.47. The van der Waals surface area contributed by atoms with Crippen molar-refractivity contribution in [2.45, 2.75) is 101 Å². The molecule has 10 nitrogen and oxygen atoms in total. The Morgan fingerprint density at radius 3 is 2.53 bits per heavy atom. The first-order valence-electron chi connectivity index (χ1n) is 14.8. The molecule has 4 rings (SSSR count). The van der Waals surface area contributed by atoms with Crippen molar-refractivity contribution in [2.24, 2.45) is 0 Å². The molecule has 0 bridgehead atoms. The summed E-state index contributed by atoms with van der Waals surface area (Å²) in [6.45, 7) is 3.77. The average molecular weight is 627 g/mol. The van der Waals surface area contributed by atoms with Crippen molar-refractivity contribution in [3.8, 4) is 11.3 Å². The number of benzene rings is 1. The van der Waals surface area contributed by atoms with Crippen LogP contribution in [-0.4, -0.2) is 75.6 Å². The number of ether oxygens (including phenoxy) is 3. The van der Waals surface area contributed by atoms with Crippen LogP contribution in [-0.2, 0) is 26.2 Å². The molecular formula is C30H41ClF2N4O6. The fourth-order valence-corrected chi connectivity index (χ4v) is 6.02. The van der Waals surface area contributed by atoms with E-state index in [1.807, 2.05) is 6.07 Å². The summed E-state index contributed by atoms with van der Waals surface area (Å²) in [5, 5.41) is 33.2. The number of methoxy groups -OCH3 is 2. The molecule has 1 unspecified atom stereocenters. The molecule has 0 aliphatic carbocycles. The van der Waals surface area contributed by atoms with Crippen molar-refractivity contribution in [3.05, 3.63) is 52.5 Å². The fraction of sp³-hybridized carbons (Fsp3) is 0.633. The minimum absolute atomic E-state index is 0.0313. The lowest BCUT2D eigenvalue weighted by Crippen LogP contribution is -2.57. The van der Waals surface area contributed by atoms with E-state index in [9.17, 15) is 19.0 Å². The van der Waals surface area contributed by atoms with Crippen LogP contribution in [0, 0.1) is 11.6 Å². The van der Waals surface area contributed by atoms with Crippen LogP contribution < -0.4 is 0 Å². The van der Waals surface area contributed by atoms with E-state index < -0.39 is 54.3 Å². The lowest BCUT2D eigenvalue weighted by molar-refractivity contribution is -0.212. The normalized spacial score (nSPS) is 23.9. The van der Waals surface area contributed by atoms with E-state index in [1.54, 1.807) is 7.11 Å². The molecule has 3 heterocycles. The maximum atomic E-state index is 14.6. The number of halogens is 3. The van der Waals surface area contributed by atoms with Gasteiger partial charge >= 0.3 is 0 Å². The minimum atomic E-state index is -1.26. The van der Waals surface area contributed by atoms with Crippen LogP contribution >= 0.6 is 11.6 Å². The van der Waals surface area contributed by atoms with Gasteiger partial charge in [-0.2, -0.15) is 0 Å². The van der Waals surface area contributed by atoms with Gasteiger partial charge in [-0.3, -0.25) is 0 Å². The van der Waals surface area contributed by atoms with E-state index in [0.29, 0.717) is 11.5 Å². The van der Waals surface area contributed by atoms with Crippen molar-refractivity contribution in [1.29, 1.82) is 0 Å². The zero-order valence-electron chi connectivity index (χ0n) is 25.0. The van der Waals surface area contributed by atoms with Crippen LogP contribution in [0.15, 0.2) is 28.9 Å². The van der Waals surface area contributed by atoms with Crippen LogP contribution in [0.5, 0.6) is 0 Å². The van der Waals surface area contributed by atoms with Gasteiger partial charge in [0.05, 0.1) is 23.9 Å². The Labute approximate surface area is 255 Å². The molecule has 1 fully saturated rings. The molecule has 0 spiro atoms. The molecule has 1 aliphatic rings. The highest BCUT2D eigenvalue weighted by molar-refractivity contribution is 6.30. The van der Waals surface area contributed by atoms with Gasteiger partial charge in [0, 0.05) is 32.3 Å². The maximum absolute atomic E-state index is 14.6. The van der Waals surface area contributed by atoms with Crippen molar-refractivity contribution < 1.29 is 37.7 Å². The Balaban J connectivity index is 1.57. The predicted octanol–water partition coefficient (Wildman–Crippen LogP) is 5.40. The van der Waals surface area contributed by atoms with Crippen molar-refractivity contribution >= 4 is 11.6 Å². The van der Waals surface area contributed by atoms with E-state index in [2.05, 4.69) is 29.3 Å². The number of aliphatic hydroxyl groups excluding tert-OH is 2. The van der Waals surface area contributed by atoms with E-state index >= 15 is 0 Å². The summed E-state index contributed by atoms with van der Waals surface area (Å²) >= 11 is 5.69. The third kappa shape index (κ3) is 7.10. The highest BCUT2D eigenvalue weighted by Crippen LogP contribution is 2.37. The smallest absolute Gasteiger partial charge is 0.178 e. The van der Waals surface area contributed by atoms with E-state index in [1.165, 1.54) is 49.4 Å². The molecule has 238 valence electrons. The van der Waals surface area contributed by atoms with E-state index in [0.717, 1.165) is 25.7 Å². The first kappa shape index (κ1) is 33.4. The van der Waals surface area contributed by atoms with Crippen LogP contribution in [0.4, 0.5) is 8.78 Å². The molecule has 3 aromatic rings. The summed E-state index contributed by atoms with van der Waals surface area (Å²) in [5.74, 6) is -1.84. The monoisotopic (exact) mass is 626 g/mol. The minimum Gasteiger partial charge on any atom is -0.394 e. The highest BCUT2D eigenvalue weighted by atomic mass is 35.5. The molecule has 1 aliphatic heterocycles. The zero-order valence-corrected chi connectivity index (χ0v) is 25.8. The number of hydrogen-bond donors (Lipinski definition) is 2. The molecule has 1 aromatic carbocycles. The summed E-state index contributed by atoms with van der Waals surface area (Å²) in [7, 11) is 3.15. The molecule has 0 amide bonds. The van der Waals surface area contributed by atoms with Gasteiger partial charge in [0.1, 0.15) is 47.1 Å². The summed E-state index contributed by atoms with van der Waals surface area (Å²) in [6, 6.07) is 3.49. The number of hydrogen-bond acceptors (Lipinski definition) is 9. The summed E-state index contributed by atoms with van der Waals surface area (Å²) in [6.07, 6.45) is 5.08. The number of rotatable bonds is 15. The van der Waals surface area contributed by atoms with Crippen molar-refractivity contribution in [3.63, 3.8) is 0 Å². The van der Waals surface area contributed by atoms with Gasteiger partial charge in [0.15, 0.2) is 11.6 Å². The Morgan fingerprint density at radius 2 is 1.86 bits per heavy atom. The molecule has 1 saturated heterocycles. The van der Waals surface area contributed by atoms with Gasteiger partial charge in [-0.05, 0) is 25.0 Å². The molecule has 0 radical (unpaired) electrons. The third-order valence-electron chi connectivity index (χ3n) is 8.44. The summed E-state index contributed by atoms with van der Waals surface area (Å²) in [5.41, 5.74) is 0.00285. The Hall–Kier alpha value is -2.48. The fourth-order valence-electron chi connectivity index (χ4n) is 5.87. The van der Waals surface area contributed by atoms with Crippen LogP contribution in [0.2, 0.25) is 5.02 Å². The first-order chi connectivity index (χ1) is 20.7. The number of aromatic nitrogens is 4.